The maximum atomic E-state index is 9.87. The zero-order valence-corrected chi connectivity index (χ0v) is 11.3. The maximum absolute atomic E-state index is 9.87. The molecular formula is C15H25NO3. The summed E-state index contributed by atoms with van der Waals surface area (Å²) in [6.07, 6.45) is -3.90. The van der Waals surface area contributed by atoms with E-state index >= 15 is 0 Å². The standard InChI is InChI=1S/C15H25NO3/c1-12(2)16-10-14(17)11-19-15-6-4-13(5-7-15)8-9-18-3/h4-7,12,14,16-17H,8-11H2,1-3H3/i4D,5D,6D,7D,8D2,9D2. The molecule has 0 aliphatic rings. The molecule has 0 amide bonds. The lowest BCUT2D eigenvalue weighted by Crippen LogP contribution is -2.35. The third-order valence-electron chi connectivity index (χ3n) is 2.06. The predicted molar refractivity (Wildman–Crippen MR) is 76.7 cm³/mol. The highest BCUT2D eigenvalue weighted by Crippen LogP contribution is 2.12. The van der Waals surface area contributed by atoms with E-state index in [2.05, 4.69) is 10.1 Å². The van der Waals surface area contributed by atoms with E-state index in [1.165, 1.54) is 0 Å². The summed E-state index contributed by atoms with van der Waals surface area (Å²) in [7, 11) is 0.943. The van der Waals surface area contributed by atoms with Gasteiger partial charge < -0.3 is 19.9 Å². The van der Waals surface area contributed by atoms with Crippen molar-refractivity contribution in [2.45, 2.75) is 32.4 Å². The molecule has 0 aliphatic heterocycles. The van der Waals surface area contributed by atoms with Crippen molar-refractivity contribution >= 4 is 0 Å². The Hall–Kier alpha value is -1.10. The molecule has 0 bridgehead atoms. The van der Waals surface area contributed by atoms with Crippen LogP contribution in [0.3, 0.4) is 0 Å². The highest BCUT2D eigenvalue weighted by atomic mass is 16.5. The molecule has 1 unspecified atom stereocenters. The predicted octanol–water partition coefficient (Wildman–Crippen LogP) is 1.61. The maximum Gasteiger partial charge on any atom is 0.119 e. The minimum absolute atomic E-state index is 0.134. The number of hydrogen-bond donors (Lipinski definition) is 2. The average molecular weight is 275 g/mol. The fourth-order valence-electron chi connectivity index (χ4n) is 1.15. The molecule has 108 valence electrons. The molecule has 4 heteroatoms. The molecule has 0 heterocycles. The summed E-state index contributed by atoms with van der Waals surface area (Å²) in [4.78, 5) is 0. The Labute approximate surface area is 127 Å². The number of benzene rings is 1. The van der Waals surface area contributed by atoms with Crippen LogP contribution in [0.15, 0.2) is 24.2 Å². The molecule has 0 fully saturated rings. The van der Waals surface area contributed by atoms with Crippen molar-refractivity contribution in [2.75, 3.05) is 26.8 Å². The van der Waals surface area contributed by atoms with Gasteiger partial charge in [0.15, 0.2) is 0 Å². The fraction of sp³-hybridized carbons (Fsp3) is 0.600. The van der Waals surface area contributed by atoms with Crippen molar-refractivity contribution in [1.82, 2.24) is 5.32 Å². The van der Waals surface area contributed by atoms with Crippen molar-refractivity contribution < 1.29 is 25.5 Å². The van der Waals surface area contributed by atoms with E-state index in [0.717, 1.165) is 7.11 Å². The highest BCUT2D eigenvalue weighted by molar-refractivity contribution is 5.27. The average Bonchev–Trinajstić information content (AvgIpc) is 2.57. The van der Waals surface area contributed by atoms with Crippen LogP contribution in [-0.4, -0.2) is 44.1 Å². The van der Waals surface area contributed by atoms with Gasteiger partial charge in [-0.3, -0.25) is 0 Å². The van der Waals surface area contributed by atoms with Gasteiger partial charge >= 0.3 is 0 Å². The largest absolute Gasteiger partial charge is 0.491 e. The molecule has 19 heavy (non-hydrogen) atoms. The Bertz CT molecular complexity index is 640. The van der Waals surface area contributed by atoms with Gasteiger partial charge in [0, 0.05) is 22.4 Å². The summed E-state index contributed by atoms with van der Waals surface area (Å²) in [5.74, 6) is -0.439. The van der Waals surface area contributed by atoms with Gasteiger partial charge in [-0.1, -0.05) is 25.9 Å². The van der Waals surface area contributed by atoms with Crippen LogP contribution in [0.25, 0.3) is 0 Å². The Kier molecular flexibility index (Phi) is 3.57. The van der Waals surface area contributed by atoms with Crippen LogP contribution in [0.2, 0.25) is 0 Å². The first-order valence-electron chi connectivity index (χ1n) is 9.98. The Morgan fingerprint density at radius 3 is 2.63 bits per heavy atom. The first-order chi connectivity index (χ1) is 12.3. The molecule has 0 aliphatic carbocycles. The van der Waals surface area contributed by atoms with Gasteiger partial charge in [0.2, 0.25) is 0 Å². The molecule has 0 radical (unpaired) electrons. The van der Waals surface area contributed by atoms with Crippen LogP contribution in [-0.2, 0) is 11.1 Å². The summed E-state index contributed by atoms with van der Waals surface area (Å²) in [6.45, 7) is 0.817. The molecule has 1 aromatic carbocycles. The van der Waals surface area contributed by atoms with Gasteiger partial charge in [0.1, 0.15) is 18.5 Å². The van der Waals surface area contributed by atoms with E-state index in [9.17, 15) is 5.11 Å². The van der Waals surface area contributed by atoms with Gasteiger partial charge in [-0.05, 0) is 24.0 Å². The number of rotatable bonds is 9. The summed E-state index contributed by atoms with van der Waals surface area (Å²) < 4.78 is 72.9. The molecule has 0 aromatic heterocycles. The molecule has 1 atom stereocenters. The zero-order chi connectivity index (χ0) is 21.2. The van der Waals surface area contributed by atoms with E-state index in [1.54, 1.807) is 0 Å². The SMILES string of the molecule is [2H]c1c([2H])c(C([2H])([2H])C([2H])([2H])OC)c([2H])c([2H])c1OCC(O)CNC(C)C. The van der Waals surface area contributed by atoms with Gasteiger partial charge in [-0.25, -0.2) is 0 Å². The van der Waals surface area contributed by atoms with Gasteiger partial charge in [0.05, 0.1) is 14.8 Å². The molecule has 4 nitrogen and oxygen atoms in total. The van der Waals surface area contributed by atoms with E-state index in [-0.39, 0.29) is 19.2 Å². The molecule has 0 saturated carbocycles. The monoisotopic (exact) mass is 275 g/mol. The van der Waals surface area contributed by atoms with E-state index in [4.69, 9.17) is 15.7 Å². The first kappa shape index (κ1) is 7.62. The number of nitrogens with one attached hydrogen (secondary N) is 1. The lowest BCUT2D eigenvalue weighted by atomic mass is 10.1. The second-order valence-electron chi connectivity index (χ2n) is 4.16. The topological polar surface area (TPSA) is 50.7 Å². The van der Waals surface area contributed by atoms with Gasteiger partial charge in [-0.15, -0.1) is 0 Å². The van der Waals surface area contributed by atoms with Crippen LogP contribution in [0.1, 0.15) is 30.4 Å². The summed E-state index contributed by atoms with van der Waals surface area (Å²) in [5, 5.41) is 12.9. The van der Waals surface area contributed by atoms with E-state index in [1.807, 2.05) is 13.8 Å². The summed E-state index contributed by atoms with van der Waals surface area (Å²) >= 11 is 0. The lowest BCUT2D eigenvalue weighted by Gasteiger charge is -2.15. The van der Waals surface area contributed by atoms with Crippen LogP contribution in [0.5, 0.6) is 5.75 Å². The first-order valence-corrected chi connectivity index (χ1v) is 5.98. The summed E-state index contributed by atoms with van der Waals surface area (Å²) in [5.41, 5.74) is -0.765. The molecule has 0 spiro atoms. The zero-order valence-electron chi connectivity index (χ0n) is 19.3. The minimum atomic E-state index is -2.94. The van der Waals surface area contributed by atoms with Gasteiger partial charge in [0.25, 0.3) is 0 Å². The Balaban J connectivity index is 3.24. The molecule has 1 aromatic rings. The quantitative estimate of drug-likeness (QED) is 0.719. The Morgan fingerprint density at radius 1 is 1.37 bits per heavy atom. The van der Waals surface area contributed by atoms with E-state index in [0.29, 0.717) is 0 Å². The highest BCUT2D eigenvalue weighted by Gasteiger charge is 2.05. The van der Waals surface area contributed by atoms with Crippen molar-refractivity contribution in [2.24, 2.45) is 0 Å². The van der Waals surface area contributed by atoms with Crippen LogP contribution in [0, 0.1) is 0 Å². The van der Waals surface area contributed by atoms with Crippen LogP contribution < -0.4 is 10.1 Å². The third kappa shape index (κ3) is 7.15. The minimum Gasteiger partial charge on any atom is -0.491 e. The second-order valence-corrected chi connectivity index (χ2v) is 4.16. The number of methoxy groups -OCH3 is 1. The number of hydrogen-bond acceptors (Lipinski definition) is 4. The second kappa shape index (κ2) is 8.91. The van der Waals surface area contributed by atoms with Gasteiger partial charge in [-0.2, -0.15) is 0 Å². The lowest BCUT2D eigenvalue weighted by molar-refractivity contribution is 0.104. The summed E-state index contributed by atoms with van der Waals surface area (Å²) in [6, 6.07) is -2.73. The number of aliphatic hydroxyl groups is 1. The van der Waals surface area contributed by atoms with Crippen LogP contribution >= 0.6 is 0 Å². The molecule has 1 rings (SSSR count). The van der Waals surface area contributed by atoms with Crippen molar-refractivity contribution in [3.8, 4) is 5.75 Å². The number of aliphatic hydroxyl groups excluding tert-OH is 1. The van der Waals surface area contributed by atoms with Crippen molar-refractivity contribution in [3.63, 3.8) is 0 Å². The van der Waals surface area contributed by atoms with Crippen LogP contribution in [0.4, 0.5) is 0 Å². The Morgan fingerprint density at radius 2 is 2.05 bits per heavy atom. The normalized spacial score (nSPS) is 20.3. The fourth-order valence-corrected chi connectivity index (χ4v) is 1.15. The van der Waals surface area contributed by atoms with Crippen molar-refractivity contribution in [3.05, 3.63) is 29.7 Å². The molecule has 0 saturated heterocycles. The van der Waals surface area contributed by atoms with Crippen molar-refractivity contribution in [1.29, 1.82) is 0 Å². The number of ether oxygens (including phenoxy) is 2. The smallest absolute Gasteiger partial charge is 0.119 e. The van der Waals surface area contributed by atoms with E-state index < -0.39 is 54.5 Å². The molecular weight excluding hydrogens is 242 g/mol. The third-order valence-corrected chi connectivity index (χ3v) is 2.06. The molecule has 2 N–H and O–H groups in total.